The minimum Gasteiger partial charge on any atom is -0.394 e. The highest BCUT2D eigenvalue weighted by molar-refractivity contribution is 7.90. The molecule has 0 aliphatic rings. The fourth-order valence-electron chi connectivity index (χ4n) is 3.99. The summed E-state index contributed by atoms with van der Waals surface area (Å²) in [4.78, 5) is 32.2. The van der Waals surface area contributed by atoms with Crippen LogP contribution in [-0.2, 0) is 30.8 Å². The molecule has 0 fully saturated rings. The fraction of sp³-hybridized carbons (Fsp3) is 0.276. The largest absolute Gasteiger partial charge is 0.394 e. The van der Waals surface area contributed by atoms with E-state index in [-0.39, 0.29) is 35.4 Å². The smallest absolute Gasteiger partial charge is 0.316 e. The Kier molecular flexibility index (Phi) is 10.0. The van der Waals surface area contributed by atoms with Crippen molar-refractivity contribution >= 4 is 33.2 Å². The highest BCUT2D eigenvalue weighted by atomic mass is 32.2. The van der Waals surface area contributed by atoms with Gasteiger partial charge in [0.1, 0.15) is 12.4 Å². The van der Waals surface area contributed by atoms with E-state index < -0.39 is 27.5 Å². The molecule has 3 aromatic rings. The summed E-state index contributed by atoms with van der Waals surface area (Å²) >= 11 is 0. The summed E-state index contributed by atoms with van der Waals surface area (Å²) < 4.78 is 39.9. The average molecular weight is 569 g/mol. The number of halogens is 1. The zero-order valence-corrected chi connectivity index (χ0v) is 23.7. The fourth-order valence-corrected chi connectivity index (χ4v) is 4.90. The molecule has 0 atom stereocenters. The van der Waals surface area contributed by atoms with Crippen molar-refractivity contribution in [2.75, 3.05) is 24.3 Å². The Bertz CT molecular complexity index is 1520. The van der Waals surface area contributed by atoms with Crippen LogP contribution in [0.25, 0.3) is 11.1 Å². The first-order chi connectivity index (χ1) is 18.9. The Hall–Kier alpha value is -4.25. The molecule has 40 heavy (non-hydrogen) atoms. The maximum absolute atomic E-state index is 15.4. The summed E-state index contributed by atoms with van der Waals surface area (Å²) in [7, 11) is -3.56. The first-order valence-corrected chi connectivity index (χ1v) is 14.5. The van der Waals surface area contributed by atoms with Crippen molar-refractivity contribution in [2.24, 2.45) is 16.8 Å². The number of nitrogens with zero attached hydrogens (tertiary/aromatic N) is 2. The summed E-state index contributed by atoms with van der Waals surface area (Å²) in [5.41, 5.74) is 7.75. The zero-order chi connectivity index (χ0) is 29.4. The predicted molar refractivity (Wildman–Crippen MR) is 153 cm³/mol. The number of oxime groups is 1. The van der Waals surface area contributed by atoms with Crippen LogP contribution in [0.1, 0.15) is 31.9 Å². The summed E-state index contributed by atoms with van der Waals surface area (Å²) in [6.45, 7) is 5.93. The van der Waals surface area contributed by atoms with E-state index in [4.69, 9.17) is 10.6 Å². The van der Waals surface area contributed by atoms with Gasteiger partial charge in [0, 0.05) is 30.5 Å². The molecule has 0 aliphatic carbocycles. The third-order valence-corrected chi connectivity index (χ3v) is 6.95. The van der Waals surface area contributed by atoms with Gasteiger partial charge in [-0.3, -0.25) is 9.59 Å². The third kappa shape index (κ3) is 7.66. The number of benzene rings is 3. The first kappa shape index (κ1) is 30.3. The van der Waals surface area contributed by atoms with E-state index in [2.05, 4.69) is 10.5 Å². The molecule has 3 N–H and O–H groups in total. The van der Waals surface area contributed by atoms with Crippen LogP contribution in [0.3, 0.4) is 0 Å². The number of anilines is 1. The molecular formula is C29H33FN4O5S. The molecule has 0 saturated heterocycles. The number of sulfone groups is 1. The van der Waals surface area contributed by atoms with E-state index in [1.165, 1.54) is 18.2 Å². The summed E-state index contributed by atoms with van der Waals surface area (Å²) in [6.07, 6.45) is 1.08. The Labute approximate surface area is 233 Å². The Morgan fingerprint density at radius 2 is 1.80 bits per heavy atom. The van der Waals surface area contributed by atoms with Crippen molar-refractivity contribution in [1.29, 1.82) is 0 Å². The first-order valence-electron chi connectivity index (χ1n) is 12.7. The van der Waals surface area contributed by atoms with Gasteiger partial charge in [0.05, 0.1) is 10.6 Å². The minimum atomic E-state index is -3.56. The van der Waals surface area contributed by atoms with Gasteiger partial charge in [-0.1, -0.05) is 61.5 Å². The van der Waals surface area contributed by atoms with Crippen LogP contribution in [0.15, 0.2) is 76.8 Å². The molecule has 0 aliphatic heterocycles. The standard InChI is InChI=1S/C29H33FN4O5S/c1-5-39-33-27(31)22-10-8-9-20(15-22)17-32-28(35)29(36)34(18-19(2)3)25-14-13-21(16-24(25)30)23-11-6-7-12-26(23)40(4,37)38/h6-16,19H,5,17-18H2,1-4H3,(H2,31,33)(H,32,35). The van der Waals surface area contributed by atoms with E-state index in [0.29, 0.717) is 28.9 Å². The van der Waals surface area contributed by atoms with Gasteiger partial charge < -0.3 is 20.8 Å². The molecule has 0 saturated carbocycles. The van der Waals surface area contributed by atoms with Crippen LogP contribution >= 0.6 is 0 Å². The Balaban J connectivity index is 1.83. The van der Waals surface area contributed by atoms with E-state index >= 15 is 4.39 Å². The van der Waals surface area contributed by atoms with Crippen molar-refractivity contribution in [3.8, 4) is 11.1 Å². The van der Waals surface area contributed by atoms with Crippen molar-refractivity contribution in [2.45, 2.75) is 32.2 Å². The molecule has 0 heterocycles. The van der Waals surface area contributed by atoms with Gasteiger partial charge in [0.25, 0.3) is 0 Å². The van der Waals surface area contributed by atoms with Gasteiger partial charge in [-0.25, -0.2) is 12.8 Å². The van der Waals surface area contributed by atoms with Crippen molar-refractivity contribution in [3.63, 3.8) is 0 Å². The second-order valence-corrected chi connectivity index (χ2v) is 11.5. The number of hydrogen-bond acceptors (Lipinski definition) is 6. The topological polar surface area (TPSA) is 131 Å². The highest BCUT2D eigenvalue weighted by Crippen LogP contribution is 2.31. The number of amidine groups is 1. The second-order valence-electron chi connectivity index (χ2n) is 9.52. The van der Waals surface area contributed by atoms with E-state index in [9.17, 15) is 18.0 Å². The number of carbonyl (C=O) groups is 2. The maximum atomic E-state index is 15.4. The van der Waals surface area contributed by atoms with Crippen LogP contribution in [0.5, 0.6) is 0 Å². The zero-order valence-electron chi connectivity index (χ0n) is 22.8. The number of nitrogens with one attached hydrogen (secondary N) is 1. The van der Waals surface area contributed by atoms with Crippen molar-refractivity contribution in [3.05, 3.63) is 83.7 Å². The lowest BCUT2D eigenvalue weighted by Crippen LogP contribution is -2.44. The number of rotatable bonds is 10. The molecule has 3 rings (SSSR count). The number of carbonyl (C=O) groups excluding carboxylic acids is 2. The molecular weight excluding hydrogens is 535 g/mol. The van der Waals surface area contributed by atoms with Gasteiger partial charge in [-0.2, -0.15) is 0 Å². The summed E-state index contributed by atoms with van der Waals surface area (Å²) in [5, 5.41) is 6.37. The van der Waals surface area contributed by atoms with Gasteiger partial charge in [0.2, 0.25) is 0 Å². The van der Waals surface area contributed by atoms with E-state index in [0.717, 1.165) is 17.2 Å². The lowest BCUT2D eigenvalue weighted by Gasteiger charge is -2.25. The molecule has 11 heteroatoms. The molecule has 2 amide bonds. The Morgan fingerprint density at radius 1 is 1.07 bits per heavy atom. The van der Waals surface area contributed by atoms with Crippen LogP contribution in [0.4, 0.5) is 10.1 Å². The second kappa shape index (κ2) is 13.2. The van der Waals surface area contributed by atoms with Crippen molar-refractivity contribution < 1.29 is 27.2 Å². The maximum Gasteiger partial charge on any atom is 0.316 e. The number of amides is 2. The molecule has 0 unspecified atom stereocenters. The van der Waals surface area contributed by atoms with Gasteiger partial charge in [-0.05, 0) is 48.2 Å². The highest BCUT2D eigenvalue weighted by Gasteiger charge is 2.27. The van der Waals surface area contributed by atoms with Crippen LogP contribution in [0.2, 0.25) is 0 Å². The quantitative estimate of drug-likeness (QED) is 0.165. The van der Waals surface area contributed by atoms with Crippen LogP contribution < -0.4 is 16.0 Å². The Morgan fingerprint density at radius 3 is 2.45 bits per heavy atom. The number of nitrogens with two attached hydrogens (primary N) is 1. The van der Waals surface area contributed by atoms with Gasteiger partial charge in [-0.15, -0.1) is 0 Å². The molecule has 9 nitrogen and oxygen atoms in total. The summed E-state index contributed by atoms with van der Waals surface area (Å²) in [6, 6.07) is 17.3. The molecule has 0 aromatic heterocycles. The minimum absolute atomic E-state index is 0.0273. The van der Waals surface area contributed by atoms with Crippen molar-refractivity contribution in [1.82, 2.24) is 5.32 Å². The van der Waals surface area contributed by atoms with Crippen LogP contribution in [-0.4, -0.2) is 45.5 Å². The molecule has 0 radical (unpaired) electrons. The van der Waals surface area contributed by atoms with E-state index in [1.807, 2.05) is 13.8 Å². The van der Waals surface area contributed by atoms with Gasteiger partial charge >= 0.3 is 11.8 Å². The predicted octanol–water partition coefficient (Wildman–Crippen LogP) is 3.86. The number of hydrogen-bond donors (Lipinski definition) is 2. The van der Waals surface area contributed by atoms with Crippen LogP contribution in [0, 0.1) is 11.7 Å². The third-order valence-electron chi connectivity index (χ3n) is 5.79. The normalized spacial score (nSPS) is 11.8. The monoisotopic (exact) mass is 568 g/mol. The molecule has 212 valence electrons. The van der Waals surface area contributed by atoms with Gasteiger partial charge in [0.15, 0.2) is 15.7 Å². The van der Waals surface area contributed by atoms with E-state index in [1.54, 1.807) is 49.4 Å². The SMILES string of the molecule is CCON=C(N)c1cccc(CNC(=O)C(=O)N(CC(C)C)c2ccc(-c3ccccc3S(C)(=O)=O)cc2F)c1. The lowest BCUT2D eigenvalue weighted by atomic mass is 10.0. The summed E-state index contributed by atoms with van der Waals surface area (Å²) in [5.74, 6) is -2.50. The molecule has 3 aromatic carbocycles. The molecule has 0 bridgehead atoms. The lowest BCUT2D eigenvalue weighted by molar-refractivity contribution is -0.137. The molecule has 0 spiro atoms. The average Bonchev–Trinajstić information content (AvgIpc) is 2.92.